The molecule has 22 heavy (non-hydrogen) atoms. The fourth-order valence-electron chi connectivity index (χ4n) is 2.61. The number of allylic oxidation sites excluding steroid dienone is 1. The molecule has 0 bridgehead atoms. The lowest BCUT2D eigenvalue weighted by Gasteiger charge is -2.25. The van der Waals surface area contributed by atoms with Gasteiger partial charge in [-0.1, -0.05) is 52.3 Å². The van der Waals surface area contributed by atoms with Gasteiger partial charge in [0, 0.05) is 22.1 Å². The van der Waals surface area contributed by atoms with Crippen molar-refractivity contribution in [2.24, 2.45) is 4.99 Å². The van der Waals surface area contributed by atoms with E-state index in [4.69, 9.17) is 4.99 Å². The molecule has 2 nitrogen and oxygen atoms in total. The quantitative estimate of drug-likeness (QED) is 0.720. The Balaban J connectivity index is 1.97. The molecule has 0 unspecified atom stereocenters. The maximum Gasteiger partial charge on any atom is 0.0875 e. The van der Waals surface area contributed by atoms with Crippen LogP contribution in [0.3, 0.4) is 0 Å². The molecule has 3 rings (SSSR count). The lowest BCUT2D eigenvalue weighted by atomic mass is 9.96. The molecule has 3 heteroatoms. The number of hydrogen-bond acceptors (Lipinski definition) is 2. The summed E-state index contributed by atoms with van der Waals surface area (Å²) in [4.78, 5) is 4.85. The molecule has 2 aromatic rings. The number of fused-ring (bicyclic) bond motifs is 1. The molecule has 0 aliphatic carbocycles. The second-order valence-electron chi connectivity index (χ2n) is 6.19. The first-order valence-corrected chi connectivity index (χ1v) is 8.20. The number of nitrogens with one attached hydrogen (secondary N) is 1. The molecule has 1 N–H and O–H groups in total. The normalized spacial score (nSPS) is 16.6. The van der Waals surface area contributed by atoms with Crippen molar-refractivity contribution in [2.75, 3.05) is 5.32 Å². The summed E-state index contributed by atoms with van der Waals surface area (Å²) in [5, 5.41) is 3.58. The van der Waals surface area contributed by atoms with Crippen LogP contribution in [-0.2, 0) is 0 Å². The van der Waals surface area contributed by atoms with Gasteiger partial charge < -0.3 is 5.32 Å². The van der Waals surface area contributed by atoms with Crippen LogP contribution in [0.15, 0.2) is 64.1 Å². The molecule has 1 aliphatic rings. The molecule has 0 saturated heterocycles. The van der Waals surface area contributed by atoms with Crippen LogP contribution in [0.25, 0.3) is 6.08 Å². The number of nitrogens with zero attached hydrogens (tertiary/aromatic N) is 1. The molecule has 1 aliphatic heterocycles. The SMILES string of the molecule is CC1(C)CC(C=Cc2ccccc2)=Nc2cc(Br)ccc2N1. The van der Waals surface area contributed by atoms with Gasteiger partial charge in [-0.05, 0) is 43.7 Å². The molecule has 0 saturated carbocycles. The Hall–Kier alpha value is -1.87. The van der Waals surface area contributed by atoms with Crippen LogP contribution in [0, 0.1) is 0 Å². The number of halogens is 1. The molecule has 0 amide bonds. The summed E-state index contributed by atoms with van der Waals surface area (Å²) in [5.41, 5.74) is 4.30. The standard InChI is InChI=1S/C19H19BrN2/c1-19(2)13-16(10-8-14-6-4-3-5-7-14)21-18-12-15(20)9-11-17(18)22-19/h3-12,22H,13H2,1-2H3. The summed E-state index contributed by atoms with van der Waals surface area (Å²) in [6.07, 6.45) is 5.12. The third-order valence-corrected chi connectivity index (χ3v) is 4.08. The summed E-state index contributed by atoms with van der Waals surface area (Å²) < 4.78 is 1.04. The van der Waals surface area contributed by atoms with Crippen LogP contribution >= 0.6 is 15.9 Å². The van der Waals surface area contributed by atoms with E-state index in [0.717, 1.165) is 28.0 Å². The zero-order valence-corrected chi connectivity index (χ0v) is 14.4. The molecule has 0 aromatic heterocycles. The van der Waals surface area contributed by atoms with Crippen LogP contribution in [0.5, 0.6) is 0 Å². The summed E-state index contributed by atoms with van der Waals surface area (Å²) in [5.74, 6) is 0. The van der Waals surface area contributed by atoms with Crippen molar-refractivity contribution in [1.29, 1.82) is 0 Å². The number of rotatable bonds is 2. The van der Waals surface area contributed by atoms with E-state index in [2.05, 4.69) is 71.5 Å². The predicted octanol–water partition coefficient (Wildman–Crippen LogP) is 5.83. The molecular formula is C19H19BrN2. The van der Waals surface area contributed by atoms with Crippen molar-refractivity contribution in [3.63, 3.8) is 0 Å². The largest absolute Gasteiger partial charge is 0.378 e. The van der Waals surface area contributed by atoms with Gasteiger partial charge in [-0.25, -0.2) is 0 Å². The van der Waals surface area contributed by atoms with Gasteiger partial charge in [0.15, 0.2) is 0 Å². The maximum absolute atomic E-state index is 4.85. The van der Waals surface area contributed by atoms with E-state index in [1.807, 2.05) is 24.3 Å². The highest BCUT2D eigenvalue weighted by molar-refractivity contribution is 9.10. The first-order valence-electron chi connectivity index (χ1n) is 7.40. The Kier molecular flexibility index (Phi) is 4.16. The minimum atomic E-state index is -0.0288. The van der Waals surface area contributed by atoms with Crippen molar-refractivity contribution >= 4 is 39.1 Å². The number of aliphatic imine (C=N–C) groups is 1. The van der Waals surface area contributed by atoms with Crippen molar-refractivity contribution in [1.82, 2.24) is 0 Å². The lowest BCUT2D eigenvalue weighted by Crippen LogP contribution is -2.32. The van der Waals surface area contributed by atoms with Gasteiger partial charge in [0.2, 0.25) is 0 Å². The van der Waals surface area contributed by atoms with Crippen molar-refractivity contribution < 1.29 is 0 Å². The van der Waals surface area contributed by atoms with Crippen LogP contribution in [-0.4, -0.2) is 11.3 Å². The van der Waals surface area contributed by atoms with Crippen LogP contribution in [0.1, 0.15) is 25.8 Å². The van der Waals surface area contributed by atoms with E-state index >= 15 is 0 Å². The molecule has 112 valence electrons. The van der Waals surface area contributed by atoms with Crippen molar-refractivity contribution in [3.05, 3.63) is 64.6 Å². The van der Waals surface area contributed by atoms with Crippen LogP contribution < -0.4 is 5.32 Å². The highest BCUT2D eigenvalue weighted by atomic mass is 79.9. The average Bonchev–Trinajstić information content (AvgIpc) is 2.60. The van der Waals surface area contributed by atoms with E-state index in [1.165, 1.54) is 5.56 Å². The van der Waals surface area contributed by atoms with E-state index in [-0.39, 0.29) is 5.54 Å². The van der Waals surface area contributed by atoms with Crippen molar-refractivity contribution in [2.45, 2.75) is 25.8 Å². The lowest BCUT2D eigenvalue weighted by molar-refractivity contribution is 0.596. The summed E-state index contributed by atoms with van der Waals surface area (Å²) in [7, 11) is 0. The third kappa shape index (κ3) is 3.66. The van der Waals surface area contributed by atoms with Gasteiger partial charge >= 0.3 is 0 Å². The van der Waals surface area contributed by atoms with Gasteiger partial charge in [0.05, 0.1) is 11.4 Å². The van der Waals surface area contributed by atoms with Crippen LogP contribution in [0.2, 0.25) is 0 Å². The zero-order valence-electron chi connectivity index (χ0n) is 12.8. The Morgan fingerprint density at radius 3 is 2.64 bits per heavy atom. The second-order valence-corrected chi connectivity index (χ2v) is 7.11. The Morgan fingerprint density at radius 2 is 1.86 bits per heavy atom. The topological polar surface area (TPSA) is 24.4 Å². The maximum atomic E-state index is 4.85. The van der Waals surface area contributed by atoms with Gasteiger partial charge in [0.25, 0.3) is 0 Å². The highest BCUT2D eigenvalue weighted by Crippen LogP contribution is 2.35. The molecule has 0 radical (unpaired) electrons. The van der Waals surface area contributed by atoms with Gasteiger partial charge in [-0.15, -0.1) is 0 Å². The Bertz CT molecular complexity index is 730. The zero-order chi connectivity index (χ0) is 15.6. The minimum absolute atomic E-state index is 0.0288. The van der Waals surface area contributed by atoms with E-state index in [0.29, 0.717) is 0 Å². The highest BCUT2D eigenvalue weighted by Gasteiger charge is 2.23. The van der Waals surface area contributed by atoms with E-state index in [9.17, 15) is 0 Å². The fraction of sp³-hybridized carbons (Fsp3) is 0.211. The molecule has 1 heterocycles. The fourth-order valence-corrected chi connectivity index (χ4v) is 2.96. The smallest absolute Gasteiger partial charge is 0.0875 e. The summed E-state index contributed by atoms with van der Waals surface area (Å²) in [6, 6.07) is 16.5. The number of benzene rings is 2. The monoisotopic (exact) mass is 354 g/mol. The molecule has 2 aromatic carbocycles. The number of anilines is 1. The molecule has 0 atom stereocenters. The van der Waals surface area contributed by atoms with E-state index in [1.54, 1.807) is 0 Å². The predicted molar refractivity (Wildman–Crippen MR) is 99.0 cm³/mol. The second kappa shape index (κ2) is 6.09. The Labute approximate surface area is 140 Å². The minimum Gasteiger partial charge on any atom is -0.378 e. The Morgan fingerprint density at radius 1 is 1.09 bits per heavy atom. The summed E-state index contributed by atoms with van der Waals surface area (Å²) >= 11 is 3.53. The van der Waals surface area contributed by atoms with Gasteiger partial charge in [-0.2, -0.15) is 0 Å². The molecule has 0 fully saturated rings. The van der Waals surface area contributed by atoms with E-state index < -0.39 is 0 Å². The average molecular weight is 355 g/mol. The third-order valence-electron chi connectivity index (χ3n) is 3.59. The van der Waals surface area contributed by atoms with Crippen molar-refractivity contribution in [3.8, 4) is 0 Å². The number of hydrogen-bond donors (Lipinski definition) is 1. The van der Waals surface area contributed by atoms with Crippen LogP contribution in [0.4, 0.5) is 11.4 Å². The van der Waals surface area contributed by atoms with Gasteiger partial charge in [0.1, 0.15) is 0 Å². The van der Waals surface area contributed by atoms with Gasteiger partial charge in [-0.3, -0.25) is 4.99 Å². The molecule has 0 spiro atoms. The first-order chi connectivity index (χ1) is 10.5. The first kappa shape index (κ1) is 15.0. The molecular weight excluding hydrogens is 336 g/mol. The summed E-state index contributed by atoms with van der Waals surface area (Å²) in [6.45, 7) is 4.41.